The van der Waals surface area contributed by atoms with Gasteiger partial charge in [-0.2, -0.15) is 0 Å². The minimum atomic E-state index is -0.152. The highest BCUT2D eigenvalue weighted by Crippen LogP contribution is 2.36. The molecule has 0 saturated heterocycles. The fourth-order valence-corrected chi connectivity index (χ4v) is 3.38. The zero-order valence-corrected chi connectivity index (χ0v) is 12.5. The predicted octanol–water partition coefficient (Wildman–Crippen LogP) is 4.82. The van der Waals surface area contributed by atoms with Crippen molar-refractivity contribution in [1.82, 2.24) is 5.32 Å². The van der Waals surface area contributed by atoms with Crippen molar-refractivity contribution >= 4 is 15.9 Å². The summed E-state index contributed by atoms with van der Waals surface area (Å²) in [5.74, 6) is 0.505. The zero-order chi connectivity index (χ0) is 13.0. The van der Waals surface area contributed by atoms with Gasteiger partial charge in [-0.25, -0.2) is 4.39 Å². The number of benzene rings is 1. The quantitative estimate of drug-likeness (QED) is 0.821. The molecule has 1 aromatic carbocycles. The van der Waals surface area contributed by atoms with Gasteiger partial charge in [0.1, 0.15) is 5.82 Å². The van der Waals surface area contributed by atoms with Gasteiger partial charge in [0.25, 0.3) is 0 Å². The van der Waals surface area contributed by atoms with Crippen LogP contribution in [0.2, 0.25) is 0 Å². The van der Waals surface area contributed by atoms with Crippen LogP contribution in [0, 0.1) is 11.7 Å². The Hall–Kier alpha value is -0.410. The molecule has 1 atom stereocenters. The molecule has 1 unspecified atom stereocenters. The Morgan fingerprint density at radius 1 is 1.33 bits per heavy atom. The maximum atomic E-state index is 13.5. The first-order valence-electron chi connectivity index (χ1n) is 6.90. The first-order chi connectivity index (χ1) is 8.70. The van der Waals surface area contributed by atoms with Crippen LogP contribution >= 0.6 is 15.9 Å². The van der Waals surface area contributed by atoms with E-state index >= 15 is 0 Å². The Morgan fingerprint density at radius 2 is 2.06 bits per heavy atom. The Kier molecular flexibility index (Phi) is 5.19. The van der Waals surface area contributed by atoms with E-state index < -0.39 is 0 Å². The highest BCUT2D eigenvalue weighted by molar-refractivity contribution is 9.10. The van der Waals surface area contributed by atoms with Crippen molar-refractivity contribution in [2.75, 3.05) is 6.54 Å². The molecular formula is C15H21BrFN. The van der Waals surface area contributed by atoms with Gasteiger partial charge in [-0.3, -0.25) is 0 Å². The molecule has 0 spiro atoms. The molecule has 1 fully saturated rings. The van der Waals surface area contributed by atoms with Gasteiger partial charge in [0, 0.05) is 10.5 Å². The summed E-state index contributed by atoms with van der Waals surface area (Å²) in [7, 11) is 0. The molecule has 1 aromatic rings. The lowest BCUT2D eigenvalue weighted by molar-refractivity contribution is 0.367. The molecule has 0 aliphatic heterocycles. The third-order valence-electron chi connectivity index (χ3n) is 3.73. The van der Waals surface area contributed by atoms with Gasteiger partial charge in [-0.15, -0.1) is 0 Å². The molecule has 0 bridgehead atoms. The molecular weight excluding hydrogens is 293 g/mol. The average molecular weight is 314 g/mol. The van der Waals surface area contributed by atoms with Crippen LogP contribution in [-0.4, -0.2) is 6.54 Å². The lowest BCUT2D eigenvalue weighted by atomic mass is 9.91. The molecule has 0 radical (unpaired) electrons. The van der Waals surface area contributed by atoms with Crippen LogP contribution in [0.15, 0.2) is 22.7 Å². The smallest absolute Gasteiger partial charge is 0.124 e. The summed E-state index contributed by atoms with van der Waals surface area (Å²) in [6, 6.07) is 5.56. The standard InChI is InChI=1S/C15H21BrFN/c1-2-7-18-15(11-5-3-4-6-11)12-8-13(16)10-14(17)9-12/h8-11,15,18H,2-7H2,1H3. The second kappa shape index (κ2) is 6.67. The van der Waals surface area contributed by atoms with Crippen LogP contribution < -0.4 is 5.32 Å². The topological polar surface area (TPSA) is 12.0 Å². The second-order valence-corrected chi connectivity index (χ2v) is 6.09. The van der Waals surface area contributed by atoms with E-state index in [-0.39, 0.29) is 5.82 Å². The van der Waals surface area contributed by atoms with E-state index in [0.717, 1.165) is 23.0 Å². The van der Waals surface area contributed by atoms with Crippen LogP contribution in [0.5, 0.6) is 0 Å². The van der Waals surface area contributed by atoms with Crippen LogP contribution in [-0.2, 0) is 0 Å². The number of hydrogen-bond acceptors (Lipinski definition) is 1. The van der Waals surface area contributed by atoms with Gasteiger partial charge >= 0.3 is 0 Å². The lowest BCUT2D eigenvalue weighted by Crippen LogP contribution is -2.28. The maximum absolute atomic E-state index is 13.5. The molecule has 1 aliphatic rings. The molecule has 1 saturated carbocycles. The molecule has 3 heteroatoms. The van der Waals surface area contributed by atoms with E-state index in [1.807, 2.05) is 0 Å². The molecule has 0 heterocycles. The van der Waals surface area contributed by atoms with Gasteiger partial charge in [0.05, 0.1) is 0 Å². The van der Waals surface area contributed by atoms with E-state index in [1.54, 1.807) is 6.07 Å². The minimum Gasteiger partial charge on any atom is -0.310 e. The third-order valence-corrected chi connectivity index (χ3v) is 4.19. The van der Waals surface area contributed by atoms with Gasteiger partial charge in [0.2, 0.25) is 0 Å². The summed E-state index contributed by atoms with van der Waals surface area (Å²) >= 11 is 3.39. The van der Waals surface area contributed by atoms with Crippen molar-refractivity contribution in [2.45, 2.75) is 45.1 Å². The highest BCUT2D eigenvalue weighted by Gasteiger charge is 2.26. The van der Waals surface area contributed by atoms with Crippen LogP contribution in [0.25, 0.3) is 0 Å². The maximum Gasteiger partial charge on any atom is 0.124 e. The largest absolute Gasteiger partial charge is 0.310 e. The van der Waals surface area contributed by atoms with Gasteiger partial charge in [0.15, 0.2) is 0 Å². The summed E-state index contributed by atoms with van der Waals surface area (Å²) in [6.07, 6.45) is 6.25. The van der Waals surface area contributed by atoms with E-state index in [2.05, 4.69) is 34.2 Å². The number of rotatable bonds is 5. The van der Waals surface area contributed by atoms with Crippen molar-refractivity contribution in [1.29, 1.82) is 0 Å². The van der Waals surface area contributed by atoms with E-state index in [0.29, 0.717) is 12.0 Å². The van der Waals surface area contributed by atoms with E-state index in [9.17, 15) is 4.39 Å². The zero-order valence-electron chi connectivity index (χ0n) is 10.9. The van der Waals surface area contributed by atoms with Crippen LogP contribution in [0.1, 0.15) is 50.6 Å². The molecule has 100 valence electrons. The SMILES string of the molecule is CCCNC(c1cc(F)cc(Br)c1)C1CCCC1. The van der Waals surface area contributed by atoms with Crippen molar-refractivity contribution in [3.63, 3.8) is 0 Å². The summed E-state index contributed by atoms with van der Waals surface area (Å²) in [5, 5.41) is 3.59. The van der Waals surface area contributed by atoms with Crippen molar-refractivity contribution in [3.05, 3.63) is 34.1 Å². The van der Waals surface area contributed by atoms with Crippen molar-refractivity contribution < 1.29 is 4.39 Å². The first kappa shape index (κ1) is 14.0. The molecule has 0 aromatic heterocycles. The molecule has 0 amide bonds. The highest BCUT2D eigenvalue weighted by atomic mass is 79.9. The fourth-order valence-electron chi connectivity index (χ4n) is 2.90. The lowest BCUT2D eigenvalue weighted by Gasteiger charge is -2.25. The first-order valence-corrected chi connectivity index (χ1v) is 7.69. The Bertz CT molecular complexity index is 368. The van der Waals surface area contributed by atoms with Crippen molar-refractivity contribution in [2.24, 2.45) is 5.92 Å². The minimum absolute atomic E-state index is 0.152. The Labute approximate surface area is 117 Å². The number of halogens is 2. The normalized spacial score (nSPS) is 18.2. The van der Waals surface area contributed by atoms with Gasteiger partial charge < -0.3 is 5.32 Å². The summed E-state index contributed by atoms with van der Waals surface area (Å²) in [6.45, 7) is 3.16. The fraction of sp³-hybridized carbons (Fsp3) is 0.600. The predicted molar refractivity (Wildman–Crippen MR) is 77.1 cm³/mol. The molecule has 1 nitrogen and oxygen atoms in total. The number of hydrogen-bond donors (Lipinski definition) is 1. The molecule has 18 heavy (non-hydrogen) atoms. The van der Waals surface area contributed by atoms with Crippen molar-refractivity contribution in [3.8, 4) is 0 Å². The monoisotopic (exact) mass is 313 g/mol. The molecule has 1 N–H and O–H groups in total. The van der Waals surface area contributed by atoms with Gasteiger partial charge in [-0.1, -0.05) is 35.7 Å². The average Bonchev–Trinajstić information content (AvgIpc) is 2.82. The van der Waals surface area contributed by atoms with E-state index in [1.165, 1.54) is 31.7 Å². The Balaban J connectivity index is 2.20. The third kappa shape index (κ3) is 3.55. The summed E-state index contributed by atoms with van der Waals surface area (Å²) < 4.78 is 14.4. The second-order valence-electron chi connectivity index (χ2n) is 5.18. The van der Waals surface area contributed by atoms with Crippen LogP contribution in [0.3, 0.4) is 0 Å². The van der Waals surface area contributed by atoms with Crippen LogP contribution in [0.4, 0.5) is 4.39 Å². The molecule has 2 rings (SSSR count). The summed E-state index contributed by atoms with van der Waals surface area (Å²) in [4.78, 5) is 0. The Morgan fingerprint density at radius 3 is 2.67 bits per heavy atom. The van der Waals surface area contributed by atoms with E-state index in [4.69, 9.17) is 0 Å². The summed E-state index contributed by atoms with van der Waals surface area (Å²) in [5.41, 5.74) is 1.09. The number of nitrogens with one attached hydrogen (secondary N) is 1. The molecule has 1 aliphatic carbocycles. The van der Waals surface area contributed by atoms with Gasteiger partial charge in [-0.05, 0) is 55.5 Å².